The Morgan fingerprint density at radius 2 is 1.42 bits per heavy atom. The Morgan fingerprint density at radius 3 is 2.15 bits per heavy atom. The lowest BCUT2D eigenvalue weighted by Crippen LogP contribution is -1.94. The maximum Gasteiger partial charge on any atom is 0.162 e. The predicted molar refractivity (Wildman–Crippen MR) is 102 cm³/mol. The molecule has 0 aliphatic carbocycles. The largest absolute Gasteiger partial charge is 0.339 e. The van der Waals surface area contributed by atoms with Gasteiger partial charge in [-0.15, -0.1) is 0 Å². The van der Waals surface area contributed by atoms with Gasteiger partial charge in [-0.2, -0.15) is 0 Å². The molecule has 5 rings (SSSR count). The summed E-state index contributed by atoms with van der Waals surface area (Å²) in [6, 6.07) is 24.6. The molecule has 5 aromatic rings. The van der Waals surface area contributed by atoms with Crippen LogP contribution in [0.5, 0.6) is 0 Å². The molecule has 0 saturated heterocycles. The summed E-state index contributed by atoms with van der Waals surface area (Å²) in [6.07, 6.45) is 0. The minimum absolute atomic E-state index is 0.276. The van der Waals surface area contributed by atoms with Crippen LogP contribution < -0.4 is 0 Å². The van der Waals surface area contributed by atoms with Gasteiger partial charge in [-0.1, -0.05) is 60.7 Å². The number of nitrogens with zero attached hydrogens (tertiary/aromatic N) is 2. The second-order valence-corrected chi connectivity index (χ2v) is 6.17. The third-order valence-electron chi connectivity index (χ3n) is 4.49. The monoisotopic (exact) mass is 339 g/mol. The van der Waals surface area contributed by atoms with Crippen molar-refractivity contribution < 1.29 is 4.39 Å². The molecule has 0 unspecified atom stereocenters. The molecule has 4 heteroatoms. The number of nitrogens with one attached hydrogen (secondary N) is 1. The van der Waals surface area contributed by atoms with E-state index in [9.17, 15) is 4.39 Å². The van der Waals surface area contributed by atoms with Gasteiger partial charge in [-0.05, 0) is 18.2 Å². The van der Waals surface area contributed by atoms with Crippen molar-refractivity contribution in [1.82, 2.24) is 15.0 Å². The highest BCUT2D eigenvalue weighted by molar-refractivity contribution is 6.12. The van der Waals surface area contributed by atoms with Crippen molar-refractivity contribution in [2.75, 3.05) is 0 Å². The van der Waals surface area contributed by atoms with E-state index in [0.717, 1.165) is 33.1 Å². The number of fused-ring (bicyclic) bond motifs is 3. The number of aromatic amines is 1. The maximum absolute atomic E-state index is 13.7. The number of hydrogen-bond acceptors (Lipinski definition) is 2. The third-order valence-corrected chi connectivity index (χ3v) is 4.49. The van der Waals surface area contributed by atoms with E-state index >= 15 is 0 Å². The van der Waals surface area contributed by atoms with Crippen molar-refractivity contribution in [1.29, 1.82) is 0 Å². The molecule has 0 aliphatic heterocycles. The lowest BCUT2D eigenvalue weighted by molar-refractivity contribution is 0.629. The van der Waals surface area contributed by atoms with Crippen molar-refractivity contribution in [3.8, 4) is 22.6 Å². The van der Waals surface area contributed by atoms with Crippen LogP contribution in [0.3, 0.4) is 0 Å². The summed E-state index contributed by atoms with van der Waals surface area (Å²) in [5, 5.41) is 1.82. The molecule has 0 radical (unpaired) electrons. The summed E-state index contributed by atoms with van der Waals surface area (Å²) in [5.41, 5.74) is 4.21. The lowest BCUT2D eigenvalue weighted by atomic mass is 10.1. The zero-order chi connectivity index (χ0) is 17.5. The Hall–Kier alpha value is -3.53. The highest BCUT2D eigenvalue weighted by Crippen LogP contribution is 2.34. The van der Waals surface area contributed by atoms with Gasteiger partial charge in [0.05, 0.1) is 16.6 Å². The van der Waals surface area contributed by atoms with E-state index in [4.69, 9.17) is 9.97 Å². The van der Waals surface area contributed by atoms with Crippen LogP contribution in [0.1, 0.15) is 0 Å². The second-order valence-electron chi connectivity index (χ2n) is 6.17. The van der Waals surface area contributed by atoms with Crippen LogP contribution in [0.2, 0.25) is 0 Å². The van der Waals surface area contributed by atoms with E-state index in [1.165, 1.54) is 12.1 Å². The van der Waals surface area contributed by atoms with Crippen molar-refractivity contribution in [3.63, 3.8) is 0 Å². The molecule has 0 fully saturated rings. The van der Waals surface area contributed by atoms with E-state index in [-0.39, 0.29) is 5.82 Å². The molecule has 0 saturated carbocycles. The Kier molecular flexibility index (Phi) is 3.28. The topological polar surface area (TPSA) is 41.6 Å². The van der Waals surface area contributed by atoms with Crippen LogP contribution in [-0.4, -0.2) is 15.0 Å². The van der Waals surface area contributed by atoms with Crippen LogP contribution in [-0.2, 0) is 0 Å². The Bertz CT molecular complexity index is 1230. The van der Waals surface area contributed by atoms with Crippen LogP contribution >= 0.6 is 0 Å². The van der Waals surface area contributed by atoms with E-state index in [1.54, 1.807) is 6.07 Å². The molecule has 26 heavy (non-hydrogen) atoms. The SMILES string of the molecule is Fc1ccc2c(c1)[nH]c1nc(-c3ccccc3)nc(-c3ccccc3)c12. The van der Waals surface area contributed by atoms with Gasteiger partial charge in [0, 0.05) is 16.5 Å². The summed E-state index contributed by atoms with van der Waals surface area (Å²) in [4.78, 5) is 12.8. The fourth-order valence-electron chi connectivity index (χ4n) is 3.29. The fourth-order valence-corrected chi connectivity index (χ4v) is 3.29. The van der Waals surface area contributed by atoms with Gasteiger partial charge in [-0.25, -0.2) is 14.4 Å². The van der Waals surface area contributed by atoms with Gasteiger partial charge in [0.1, 0.15) is 11.5 Å². The molecule has 0 bridgehead atoms. The van der Waals surface area contributed by atoms with Gasteiger partial charge in [0.15, 0.2) is 5.82 Å². The molecule has 0 atom stereocenters. The van der Waals surface area contributed by atoms with E-state index < -0.39 is 0 Å². The lowest BCUT2D eigenvalue weighted by Gasteiger charge is -2.07. The summed E-state index contributed by atoms with van der Waals surface area (Å²) in [6.45, 7) is 0. The Labute approximate surface area is 149 Å². The fraction of sp³-hybridized carbons (Fsp3) is 0. The molecular formula is C22H14FN3. The van der Waals surface area contributed by atoms with Crippen molar-refractivity contribution in [3.05, 3.63) is 84.7 Å². The molecule has 0 spiro atoms. The third kappa shape index (κ3) is 2.35. The zero-order valence-corrected chi connectivity index (χ0v) is 13.8. The van der Waals surface area contributed by atoms with Crippen molar-refractivity contribution in [2.24, 2.45) is 0 Å². The van der Waals surface area contributed by atoms with Gasteiger partial charge >= 0.3 is 0 Å². The number of benzene rings is 3. The standard InChI is InChI=1S/C22H14FN3/c23-16-11-12-17-18(13-16)24-22-19(17)20(14-7-3-1-4-8-14)25-21(26-22)15-9-5-2-6-10-15/h1-13H,(H,24,25,26). The normalized spacial score (nSPS) is 11.3. The predicted octanol–water partition coefficient (Wildman–Crippen LogP) is 5.58. The molecule has 0 amide bonds. The molecule has 1 N–H and O–H groups in total. The number of halogens is 1. The van der Waals surface area contributed by atoms with E-state index in [2.05, 4.69) is 4.98 Å². The first-order valence-corrected chi connectivity index (χ1v) is 8.39. The highest BCUT2D eigenvalue weighted by atomic mass is 19.1. The average Bonchev–Trinajstić information content (AvgIpc) is 3.06. The summed E-state index contributed by atoms with van der Waals surface area (Å²) in [7, 11) is 0. The Balaban J connectivity index is 1.90. The van der Waals surface area contributed by atoms with Gasteiger partial charge < -0.3 is 4.98 Å². The number of rotatable bonds is 2. The molecule has 0 aliphatic rings. The molecule has 124 valence electrons. The molecule has 2 aromatic heterocycles. The zero-order valence-electron chi connectivity index (χ0n) is 13.8. The van der Waals surface area contributed by atoms with Crippen LogP contribution in [0, 0.1) is 5.82 Å². The molecule has 3 nitrogen and oxygen atoms in total. The Morgan fingerprint density at radius 1 is 0.731 bits per heavy atom. The number of hydrogen-bond donors (Lipinski definition) is 1. The highest BCUT2D eigenvalue weighted by Gasteiger charge is 2.16. The van der Waals surface area contributed by atoms with Gasteiger partial charge in [0.2, 0.25) is 0 Å². The average molecular weight is 339 g/mol. The summed E-state index contributed by atoms with van der Waals surface area (Å²) >= 11 is 0. The molecular weight excluding hydrogens is 325 g/mol. The first-order valence-electron chi connectivity index (χ1n) is 8.39. The van der Waals surface area contributed by atoms with Crippen LogP contribution in [0.25, 0.3) is 44.6 Å². The summed E-state index contributed by atoms with van der Waals surface area (Å²) in [5.74, 6) is 0.366. The smallest absolute Gasteiger partial charge is 0.162 e. The van der Waals surface area contributed by atoms with Crippen LogP contribution in [0.4, 0.5) is 4.39 Å². The van der Waals surface area contributed by atoms with Crippen LogP contribution in [0.15, 0.2) is 78.9 Å². The number of aromatic nitrogens is 3. The minimum atomic E-state index is -0.276. The van der Waals surface area contributed by atoms with E-state index in [0.29, 0.717) is 11.5 Å². The van der Waals surface area contributed by atoms with Crippen molar-refractivity contribution in [2.45, 2.75) is 0 Å². The first-order chi connectivity index (χ1) is 12.8. The molecule has 3 aromatic carbocycles. The minimum Gasteiger partial charge on any atom is -0.339 e. The van der Waals surface area contributed by atoms with E-state index in [1.807, 2.05) is 60.7 Å². The molecule has 2 heterocycles. The second kappa shape index (κ2) is 5.77. The maximum atomic E-state index is 13.7. The first kappa shape index (κ1) is 14.8. The van der Waals surface area contributed by atoms with Gasteiger partial charge in [0.25, 0.3) is 0 Å². The quantitative estimate of drug-likeness (QED) is 0.456. The van der Waals surface area contributed by atoms with Gasteiger partial charge in [-0.3, -0.25) is 0 Å². The van der Waals surface area contributed by atoms with Crippen molar-refractivity contribution >= 4 is 21.9 Å². The number of H-pyrrole nitrogens is 1. The summed E-state index contributed by atoms with van der Waals surface area (Å²) < 4.78 is 13.7.